The van der Waals surface area contributed by atoms with Crippen LogP contribution in [0.15, 0.2) is 29.6 Å². The largest absolute Gasteiger partial charge is 0.507 e. The maximum atomic E-state index is 11.5. The van der Waals surface area contributed by atoms with Gasteiger partial charge in [-0.2, -0.15) is 0 Å². The van der Waals surface area contributed by atoms with Gasteiger partial charge in [-0.1, -0.05) is 59.7 Å². The summed E-state index contributed by atoms with van der Waals surface area (Å²) in [5.74, 6) is 0.408. The predicted molar refractivity (Wildman–Crippen MR) is 138 cm³/mol. The van der Waals surface area contributed by atoms with Crippen molar-refractivity contribution < 1.29 is 10.2 Å². The maximum absolute atomic E-state index is 11.5. The molecular formula is C29H38O2S. The predicted octanol–water partition coefficient (Wildman–Crippen LogP) is 8.17. The molecule has 0 aliphatic carbocycles. The van der Waals surface area contributed by atoms with Crippen molar-refractivity contribution in [1.29, 1.82) is 0 Å². The molecule has 2 nitrogen and oxygen atoms in total. The van der Waals surface area contributed by atoms with Crippen LogP contribution in [0, 0.1) is 27.7 Å². The summed E-state index contributed by atoms with van der Waals surface area (Å²) in [6.07, 6.45) is 0. The summed E-state index contributed by atoms with van der Waals surface area (Å²) in [5, 5.41) is 25.2. The molecule has 0 radical (unpaired) electrons. The quantitative estimate of drug-likeness (QED) is 0.422. The normalized spacial score (nSPS) is 12.6. The molecule has 1 heterocycles. The molecule has 32 heavy (non-hydrogen) atoms. The molecule has 0 atom stereocenters. The van der Waals surface area contributed by atoms with E-state index in [9.17, 15) is 10.2 Å². The van der Waals surface area contributed by atoms with E-state index in [1.807, 2.05) is 13.8 Å². The Morgan fingerprint density at radius 3 is 1.41 bits per heavy atom. The molecule has 3 heteroatoms. The molecule has 0 spiro atoms. The van der Waals surface area contributed by atoms with Crippen molar-refractivity contribution in [1.82, 2.24) is 0 Å². The number of phenolic OH excluding ortho intramolecular Hbond substituents is 2. The molecule has 3 rings (SSSR count). The van der Waals surface area contributed by atoms with Gasteiger partial charge in [0.2, 0.25) is 0 Å². The number of aromatic hydroxyl groups is 2. The van der Waals surface area contributed by atoms with Gasteiger partial charge in [-0.3, -0.25) is 0 Å². The van der Waals surface area contributed by atoms with Crippen molar-refractivity contribution in [3.63, 3.8) is 0 Å². The Bertz CT molecular complexity index is 1060. The molecule has 0 fully saturated rings. The fourth-order valence-electron chi connectivity index (χ4n) is 5.45. The summed E-state index contributed by atoms with van der Waals surface area (Å²) in [4.78, 5) is 1.13. The first-order chi connectivity index (χ1) is 14.7. The number of phenols is 2. The van der Waals surface area contributed by atoms with Gasteiger partial charge in [0.25, 0.3) is 0 Å². The van der Waals surface area contributed by atoms with E-state index in [0.29, 0.717) is 11.5 Å². The van der Waals surface area contributed by atoms with Crippen LogP contribution in [-0.4, -0.2) is 10.2 Å². The van der Waals surface area contributed by atoms with Crippen LogP contribution in [-0.2, 0) is 10.8 Å². The smallest absolute Gasteiger partial charge is 0.122 e. The molecule has 0 aliphatic heterocycles. The fraction of sp³-hybridized carbons (Fsp3) is 0.448. The van der Waals surface area contributed by atoms with Crippen LogP contribution >= 0.6 is 11.3 Å². The van der Waals surface area contributed by atoms with Crippen LogP contribution in [0.1, 0.15) is 96.8 Å². The first-order valence-corrected chi connectivity index (χ1v) is 12.2. The van der Waals surface area contributed by atoms with Gasteiger partial charge >= 0.3 is 0 Å². The highest BCUT2D eigenvalue weighted by Crippen LogP contribution is 2.51. The van der Waals surface area contributed by atoms with Crippen LogP contribution in [0.3, 0.4) is 0 Å². The third-order valence-corrected chi connectivity index (χ3v) is 7.29. The standard InChI is InChI=1S/C29H38O2S/c1-16-14-18(3)26(30)22(24(16)28(5,6)7)21(20-12-11-13-32-20)23-25(29(8,9)10)17(2)15-19(4)27(23)31/h11-15,21,30-31H,1-10H3. The van der Waals surface area contributed by atoms with E-state index in [1.165, 1.54) is 11.1 Å². The average molecular weight is 451 g/mol. The molecule has 0 bridgehead atoms. The topological polar surface area (TPSA) is 40.5 Å². The van der Waals surface area contributed by atoms with E-state index in [1.54, 1.807) is 11.3 Å². The number of hydrogen-bond donors (Lipinski definition) is 2. The second-order valence-corrected chi connectivity index (χ2v) is 12.2. The van der Waals surface area contributed by atoms with Gasteiger partial charge in [0.1, 0.15) is 11.5 Å². The van der Waals surface area contributed by atoms with Crippen LogP contribution in [0.2, 0.25) is 0 Å². The average Bonchev–Trinajstić information content (AvgIpc) is 3.15. The molecule has 2 N–H and O–H groups in total. The van der Waals surface area contributed by atoms with E-state index < -0.39 is 0 Å². The van der Waals surface area contributed by atoms with Gasteiger partial charge in [-0.05, 0) is 83.4 Å². The Balaban J connectivity index is 2.60. The Morgan fingerprint density at radius 1 is 0.688 bits per heavy atom. The number of thiophene rings is 1. The van der Waals surface area contributed by atoms with Crippen molar-refractivity contribution in [3.8, 4) is 11.5 Å². The number of rotatable bonds is 3. The van der Waals surface area contributed by atoms with Gasteiger partial charge in [-0.25, -0.2) is 0 Å². The van der Waals surface area contributed by atoms with Crippen molar-refractivity contribution in [2.75, 3.05) is 0 Å². The van der Waals surface area contributed by atoms with E-state index >= 15 is 0 Å². The molecule has 1 aromatic heterocycles. The zero-order valence-electron chi connectivity index (χ0n) is 21.3. The van der Waals surface area contributed by atoms with Gasteiger partial charge in [0.05, 0.1) is 5.92 Å². The lowest BCUT2D eigenvalue weighted by atomic mass is 9.70. The van der Waals surface area contributed by atoms with Crippen molar-refractivity contribution >= 4 is 11.3 Å². The lowest BCUT2D eigenvalue weighted by Gasteiger charge is -2.35. The first-order valence-electron chi connectivity index (χ1n) is 11.4. The molecule has 0 amide bonds. The summed E-state index contributed by atoms with van der Waals surface area (Å²) in [6.45, 7) is 21.4. The van der Waals surface area contributed by atoms with E-state index in [2.05, 4.69) is 85.0 Å². The minimum absolute atomic E-state index is 0.170. The summed E-state index contributed by atoms with van der Waals surface area (Å²) >= 11 is 1.68. The van der Waals surface area contributed by atoms with Gasteiger partial charge in [-0.15, -0.1) is 11.3 Å². The number of benzene rings is 2. The van der Waals surface area contributed by atoms with E-state index in [-0.39, 0.29) is 16.7 Å². The fourth-order valence-corrected chi connectivity index (χ4v) is 6.30. The van der Waals surface area contributed by atoms with Crippen LogP contribution in [0.5, 0.6) is 11.5 Å². The van der Waals surface area contributed by atoms with Gasteiger partial charge in [0, 0.05) is 16.0 Å². The lowest BCUT2D eigenvalue weighted by Crippen LogP contribution is -2.23. The monoisotopic (exact) mass is 450 g/mol. The zero-order chi connectivity index (χ0) is 24.2. The summed E-state index contributed by atoms with van der Waals surface area (Å²) in [5.41, 5.74) is 7.88. The highest BCUT2D eigenvalue weighted by Gasteiger charge is 2.36. The van der Waals surface area contributed by atoms with Gasteiger partial charge < -0.3 is 10.2 Å². The lowest BCUT2D eigenvalue weighted by molar-refractivity contribution is 0.444. The van der Waals surface area contributed by atoms with Crippen molar-refractivity contribution in [3.05, 3.63) is 79.0 Å². The molecule has 0 unspecified atom stereocenters. The maximum Gasteiger partial charge on any atom is 0.122 e. The molecule has 0 saturated heterocycles. The van der Waals surface area contributed by atoms with Crippen LogP contribution < -0.4 is 0 Å². The van der Waals surface area contributed by atoms with Crippen molar-refractivity contribution in [2.45, 2.75) is 86.0 Å². The highest BCUT2D eigenvalue weighted by atomic mass is 32.1. The molecule has 0 aliphatic rings. The van der Waals surface area contributed by atoms with Crippen LogP contribution in [0.4, 0.5) is 0 Å². The second-order valence-electron chi connectivity index (χ2n) is 11.2. The Kier molecular flexibility index (Phi) is 6.30. The highest BCUT2D eigenvalue weighted by molar-refractivity contribution is 7.10. The Labute approximate surface area is 198 Å². The minimum atomic E-state index is -0.254. The molecule has 3 aromatic rings. The van der Waals surface area contributed by atoms with Gasteiger partial charge in [0.15, 0.2) is 0 Å². The first kappa shape index (κ1) is 24.4. The zero-order valence-corrected chi connectivity index (χ0v) is 22.1. The second kappa shape index (κ2) is 8.26. The van der Waals surface area contributed by atoms with E-state index in [0.717, 1.165) is 38.3 Å². The molecular weight excluding hydrogens is 412 g/mol. The Morgan fingerprint density at radius 2 is 1.09 bits per heavy atom. The van der Waals surface area contributed by atoms with E-state index in [4.69, 9.17) is 0 Å². The number of aryl methyl sites for hydroxylation is 4. The summed E-state index contributed by atoms with van der Waals surface area (Å²) < 4.78 is 0. The Hall–Kier alpha value is -2.26. The molecule has 2 aromatic carbocycles. The SMILES string of the molecule is Cc1cc(C)c(C(C)(C)C)c(C(c2cccs2)c2c(O)c(C)cc(C)c2C(C)(C)C)c1O. The van der Waals surface area contributed by atoms with Crippen LogP contribution in [0.25, 0.3) is 0 Å². The summed E-state index contributed by atoms with van der Waals surface area (Å²) in [6, 6.07) is 8.34. The minimum Gasteiger partial charge on any atom is -0.507 e. The number of hydrogen-bond acceptors (Lipinski definition) is 3. The third kappa shape index (κ3) is 4.20. The van der Waals surface area contributed by atoms with Crippen molar-refractivity contribution in [2.24, 2.45) is 0 Å². The summed E-state index contributed by atoms with van der Waals surface area (Å²) in [7, 11) is 0. The third-order valence-electron chi connectivity index (χ3n) is 6.36. The molecule has 0 saturated carbocycles. The molecule has 172 valence electrons.